The van der Waals surface area contributed by atoms with E-state index in [1.807, 2.05) is 0 Å². The lowest BCUT2D eigenvalue weighted by molar-refractivity contribution is 0.223. The number of ether oxygens (including phenoxy) is 1. The van der Waals surface area contributed by atoms with Crippen molar-refractivity contribution in [3.8, 4) is 5.75 Å². The Balaban J connectivity index is 2.97. The van der Waals surface area contributed by atoms with Crippen molar-refractivity contribution in [3.05, 3.63) is 29.8 Å². The second-order valence-electron chi connectivity index (χ2n) is 1.91. The fourth-order valence-corrected chi connectivity index (χ4v) is 0.725. The lowest BCUT2D eigenvalue weighted by Gasteiger charge is -2.00. The topological polar surface area (TPSA) is 26.3 Å². The average Bonchev–Trinajstić information content (AvgIpc) is 1.96. The SMILES string of the molecule is O=C(Cl)Oc1cc(F)ccc1F. The second kappa shape index (κ2) is 3.49. The van der Waals surface area contributed by atoms with Crippen LogP contribution in [0.1, 0.15) is 0 Å². The summed E-state index contributed by atoms with van der Waals surface area (Å²) in [4.78, 5) is 10.1. The zero-order chi connectivity index (χ0) is 9.14. The molecule has 0 N–H and O–H groups in total. The number of carbonyl (C=O) groups excluding carboxylic acids is 1. The monoisotopic (exact) mass is 192 g/mol. The standard InChI is InChI=1S/C7H3ClF2O2/c8-7(11)12-6-3-4(9)1-2-5(6)10/h1-3H. The molecule has 0 heterocycles. The fraction of sp³-hybridized carbons (Fsp3) is 0. The van der Waals surface area contributed by atoms with E-state index in [4.69, 9.17) is 11.6 Å². The molecule has 0 aromatic heterocycles. The Morgan fingerprint density at radius 2 is 2.08 bits per heavy atom. The Kier molecular flexibility index (Phi) is 2.60. The van der Waals surface area contributed by atoms with Crippen LogP contribution in [-0.2, 0) is 0 Å². The number of hydrogen-bond donors (Lipinski definition) is 0. The summed E-state index contributed by atoms with van der Waals surface area (Å²) in [5.41, 5.74) is -1.21. The molecule has 0 atom stereocenters. The van der Waals surface area contributed by atoms with Crippen molar-refractivity contribution in [2.45, 2.75) is 0 Å². The third-order valence-corrected chi connectivity index (χ3v) is 1.16. The molecule has 12 heavy (non-hydrogen) atoms. The van der Waals surface area contributed by atoms with Crippen LogP contribution in [0.4, 0.5) is 13.6 Å². The molecule has 1 aromatic rings. The van der Waals surface area contributed by atoms with Crippen LogP contribution in [0.25, 0.3) is 0 Å². The van der Waals surface area contributed by atoms with Gasteiger partial charge in [-0.25, -0.2) is 13.6 Å². The molecular formula is C7H3ClF2O2. The van der Waals surface area contributed by atoms with Crippen molar-refractivity contribution in [1.29, 1.82) is 0 Å². The lowest BCUT2D eigenvalue weighted by atomic mass is 10.3. The Bertz CT molecular complexity index is 314. The summed E-state index contributed by atoms with van der Waals surface area (Å²) in [5.74, 6) is -2.07. The average molecular weight is 193 g/mol. The first-order valence-corrected chi connectivity index (χ1v) is 3.30. The molecule has 0 aliphatic carbocycles. The molecule has 0 saturated carbocycles. The summed E-state index contributed by atoms with van der Waals surface area (Å²) in [6, 6.07) is 2.47. The van der Waals surface area contributed by atoms with Gasteiger partial charge in [0.05, 0.1) is 0 Å². The van der Waals surface area contributed by atoms with Gasteiger partial charge in [0.25, 0.3) is 0 Å². The van der Waals surface area contributed by atoms with Crippen molar-refractivity contribution in [3.63, 3.8) is 0 Å². The molecule has 1 aromatic carbocycles. The molecule has 0 aliphatic rings. The Morgan fingerprint density at radius 3 is 2.67 bits per heavy atom. The smallest absolute Gasteiger partial charge is 0.409 e. The zero-order valence-electron chi connectivity index (χ0n) is 5.68. The minimum atomic E-state index is -1.21. The molecule has 0 bridgehead atoms. The third kappa shape index (κ3) is 2.17. The van der Waals surface area contributed by atoms with Crippen molar-refractivity contribution < 1.29 is 18.3 Å². The van der Waals surface area contributed by atoms with Crippen LogP contribution in [0.5, 0.6) is 5.75 Å². The highest BCUT2D eigenvalue weighted by molar-refractivity contribution is 6.61. The molecule has 0 unspecified atom stereocenters. The first-order valence-electron chi connectivity index (χ1n) is 2.92. The summed E-state index contributed by atoms with van der Waals surface area (Å²) in [6.45, 7) is 0. The van der Waals surface area contributed by atoms with Crippen molar-refractivity contribution in [2.24, 2.45) is 0 Å². The molecular weight excluding hydrogens is 190 g/mol. The molecule has 5 heteroatoms. The lowest BCUT2D eigenvalue weighted by Crippen LogP contribution is -1.98. The van der Waals surface area contributed by atoms with Crippen LogP contribution in [0.2, 0.25) is 0 Å². The number of hydrogen-bond acceptors (Lipinski definition) is 2. The van der Waals surface area contributed by atoms with E-state index in [2.05, 4.69) is 4.74 Å². The molecule has 0 radical (unpaired) electrons. The van der Waals surface area contributed by atoms with E-state index >= 15 is 0 Å². The van der Waals surface area contributed by atoms with Gasteiger partial charge in [-0.1, -0.05) is 0 Å². The summed E-state index contributed by atoms with van der Waals surface area (Å²) in [6.07, 6.45) is 0. The summed E-state index contributed by atoms with van der Waals surface area (Å²) in [7, 11) is 0. The van der Waals surface area contributed by atoms with Crippen LogP contribution in [0.3, 0.4) is 0 Å². The minimum absolute atomic E-state index is 0.519. The van der Waals surface area contributed by atoms with Crippen molar-refractivity contribution >= 4 is 17.0 Å². The first-order chi connectivity index (χ1) is 5.59. The highest BCUT2D eigenvalue weighted by atomic mass is 35.5. The highest BCUT2D eigenvalue weighted by Crippen LogP contribution is 2.18. The number of benzene rings is 1. The van der Waals surface area contributed by atoms with Crippen LogP contribution < -0.4 is 4.74 Å². The maximum Gasteiger partial charge on any atom is 0.409 e. The van der Waals surface area contributed by atoms with Crippen molar-refractivity contribution in [1.82, 2.24) is 0 Å². The van der Waals surface area contributed by atoms with E-state index in [0.29, 0.717) is 0 Å². The van der Waals surface area contributed by atoms with Gasteiger partial charge in [-0.05, 0) is 12.1 Å². The van der Waals surface area contributed by atoms with Crippen LogP contribution in [0, 0.1) is 11.6 Å². The molecule has 2 nitrogen and oxygen atoms in total. The van der Waals surface area contributed by atoms with Gasteiger partial charge in [-0.15, -0.1) is 0 Å². The Morgan fingerprint density at radius 1 is 1.42 bits per heavy atom. The molecule has 0 amide bonds. The van der Waals surface area contributed by atoms with Crippen LogP contribution in [0.15, 0.2) is 18.2 Å². The number of halogens is 3. The summed E-state index contributed by atoms with van der Waals surface area (Å²) in [5, 5.41) is 0. The Labute approximate surface area is 71.7 Å². The van der Waals surface area contributed by atoms with Gasteiger partial charge in [0, 0.05) is 17.7 Å². The zero-order valence-corrected chi connectivity index (χ0v) is 6.44. The maximum atomic E-state index is 12.6. The summed E-state index contributed by atoms with van der Waals surface area (Å²) >= 11 is 4.79. The Hall–Kier alpha value is -1.16. The van der Waals surface area contributed by atoms with Gasteiger partial charge in [0.2, 0.25) is 0 Å². The van der Waals surface area contributed by atoms with Gasteiger partial charge in [-0.3, -0.25) is 0 Å². The van der Waals surface area contributed by atoms with Crippen molar-refractivity contribution in [2.75, 3.05) is 0 Å². The van der Waals surface area contributed by atoms with E-state index < -0.39 is 22.8 Å². The van der Waals surface area contributed by atoms with Crippen LogP contribution in [-0.4, -0.2) is 5.43 Å². The van der Waals surface area contributed by atoms with E-state index in [-0.39, 0.29) is 0 Å². The van der Waals surface area contributed by atoms with Gasteiger partial charge in [0.15, 0.2) is 11.6 Å². The molecule has 0 spiro atoms. The fourth-order valence-electron chi connectivity index (χ4n) is 0.642. The van der Waals surface area contributed by atoms with Gasteiger partial charge in [-0.2, -0.15) is 0 Å². The van der Waals surface area contributed by atoms with E-state index in [9.17, 15) is 13.6 Å². The maximum absolute atomic E-state index is 12.6. The largest absolute Gasteiger partial charge is 0.411 e. The highest BCUT2D eigenvalue weighted by Gasteiger charge is 2.07. The first kappa shape index (κ1) is 8.93. The third-order valence-electron chi connectivity index (χ3n) is 1.08. The molecule has 0 saturated heterocycles. The molecule has 1 rings (SSSR count). The minimum Gasteiger partial charge on any atom is -0.411 e. The second-order valence-corrected chi connectivity index (χ2v) is 2.22. The van der Waals surface area contributed by atoms with E-state index in [1.54, 1.807) is 0 Å². The van der Waals surface area contributed by atoms with E-state index in [1.165, 1.54) is 0 Å². The quantitative estimate of drug-likeness (QED) is 0.640. The predicted octanol–water partition coefficient (Wildman–Crippen LogP) is 2.70. The number of carbonyl (C=O) groups is 1. The van der Waals surface area contributed by atoms with E-state index in [0.717, 1.165) is 18.2 Å². The summed E-state index contributed by atoms with van der Waals surface area (Å²) < 4.78 is 29.2. The normalized spacial score (nSPS) is 9.58. The predicted molar refractivity (Wildman–Crippen MR) is 38.2 cm³/mol. The van der Waals surface area contributed by atoms with Gasteiger partial charge < -0.3 is 4.74 Å². The molecule has 64 valence electrons. The van der Waals surface area contributed by atoms with Gasteiger partial charge >= 0.3 is 5.43 Å². The molecule has 0 fully saturated rings. The number of rotatable bonds is 1. The van der Waals surface area contributed by atoms with Crippen LogP contribution >= 0.6 is 11.6 Å². The van der Waals surface area contributed by atoms with Gasteiger partial charge in [0.1, 0.15) is 5.82 Å². The molecule has 0 aliphatic heterocycles.